The van der Waals surface area contributed by atoms with Crippen molar-refractivity contribution in [1.29, 1.82) is 0 Å². The Kier molecular flexibility index (Phi) is 2.46. The predicted octanol–water partition coefficient (Wildman–Crippen LogP) is 4.14. The van der Waals surface area contributed by atoms with Gasteiger partial charge in [0.05, 0.1) is 5.38 Å². The Bertz CT molecular complexity index is 396. The standard InChI is InChI=1S/C13H17ClO/c1-8-5-10-11(14)7-13(3,4)15-12(10)6-9(8)2/h5-6,11H,7H2,1-4H3. The van der Waals surface area contributed by atoms with E-state index in [0.29, 0.717) is 0 Å². The minimum absolute atomic E-state index is 0.0723. The van der Waals surface area contributed by atoms with E-state index < -0.39 is 0 Å². The third-order valence-corrected chi connectivity index (χ3v) is 3.41. The van der Waals surface area contributed by atoms with Gasteiger partial charge in [-0.2, -0.15) is 0 Å². The highest BCUT2D eigenvalue weighted by Crippen LogP contribution is 2.43. The lowest BCUT2D eigenvalue weighted by atomic mass is 9.92. The summed E-state index contributed by atoms with van der Waals surface area (Å²) in [4.78, 5) is 0. The molecule has 0 amide bonds. The van der Waals surface area contributed by atoms with Crippen molar-refractivity contribution >= 4 is 11.6 Å². The largest absolute Gasteiger partial charge is 0.487 e. The van der Waals surface area contributed by atoms with Gasteiger partial charge in [-0.25, -0.2) is 0 Å². The summed E-state index contributed by atoms with van der Waals surface area (Å²) in [6, 6.07) is 4.25. The van der Waals surface area contributed by atoms with Gasteiger partial charge in [0.2, 0.25) is 0 Å². The van der Waals surface area contributed by atoms with Crippen molar-refractivity contribution in [2.24, 2.45) is 0 Å². The molecule has 1 aromatic carbocycles. The maximum absolute atomic E-state index is 6.38. The van der Waals surface area contributed by atoms with Crippen molar-refractivity contribution in [2.75, 3.05) is 0 Å². The minimum Gasteiger partial charge on any atom is -0.487 e. The predicted molar refractivity (Wildman–Crippen MR) is 63.8 cm³/mol. The van der Waals surface area contributed by atoms with Gasteiger partial charge in [0.25, 0.3) is 0 Å². The molecule has 0 spiro atoms. The number of ether oxygens (including phenoxy) is 1. The van der Waals surface area contributed by atoms with Crippen LogP contribution in [-0.4, -0.2) is 5.60 Å². The Balaban J connectivity index is 2.51. The van der Waals surface area contributed by atoms with Gasteiger partial charge in [-0.15, -0.1) is 11.6 Å². The Morgan fingerprint density at radius 3 is 2.53 bits per heavy atom. The molecular weight excluding hydrogens is 208 g/mol. The van der Waals surface area contributed by atoms with Gasteiger partial charge in [0.15, 0.2) is 0 Å². The molecule has 82 valence electrons. The van der Waals surface area contributed by atoms with E-state index in [1.165, 1.54) is 11.1 Å². The second-order valence-electron chi connectivity index (χ2n) is 5.01. The van der Waals surface area contributed by atoms with Crippen LogP contribution in [0.4, 0.5) is 0 Å². The second-order valence-corrected chi connectivity index (χ2v) is 5.53. The summed E-state index contributed by atoms with van der Waals surface area (Å²) in [6.07, 6.45) is 0.865. The van der Waals surface area contributed by atoms with Crippen molar-refractivity contribution < 1.29 is 4.74 Å². The minimum atomic E-state index is -0.152. The number of aryl methyl sites for hydroxylation is 2. The van der Waals surface area contributed by atoms with Gasteiger partial charge in [-0.3, -0.25) is 0 Å². The van der Waals surface area contributed by atoms with Crippen LogP contribution in [-0.2, 0) is 0 Å². The van der Waals surface area contributed by atoms with Crippen LogP contribution < -0.4 is 4.74 Å². The van der Waals surface area contributed by atoms with Crippen LogP contribution in [0.25, 0.3) is 0 Å². The molecule has 0 N–H and O–H groups in total. The van der Waals surface area contributed by atoms with Crippen molar-refractivity contribution in [3.8, 4) is 5.75 Å². The molecule has 0 radical (unpaired) electrons. The maximum atomic E-state index is 6.38. The van der Waals surface area contributed by atoms with Crippen LogP contribution in [0, 0.1) is 13.8 Å². The van der Waals surface area contributed by atoms with E-state index in [9.17, 15) is 0 Å². The molecule has 1 aromatic rings. The van der Waals surface area contributed by atoms with Crippen molar-refractivity contribution in [2.45, 2.75) is 45.1 Å². The summed E-state index contributed by atoms with van der Waals surface area (Å²) >= 11 is 6.38. The summed E-state index contributed by atoms with van der Waals surface area (Å²) in [5.41, 5.74) is 3.53. The third-order valence-electron chi connectivity index (χ3n) is 3.02. The van der Waals surface area contributed by atoms with Gasteiger partial charge >= 0.3 is 0 Å². The molecule has 0 aliphatic carbocycles. The van der Waals surface area contributed by atoms with Crippen LogP contribution in [0.5, 0.6) is 5.75 Å². The van der Waals surface area contributed by atoms with E-state index in [0.717, 1.165) is 17.7 Å². The van der Waals surface area contributed by atoms with Crippen molar-refractivity contribution in [3.05, 3.63) is 28.8 Å². The molecule has 2 heteroatoms. The Hall–Kier alpha value is -0.690. The summed E-state index contributed by atoms with van der Waals surface area (Å²) < 4.78 is 5.94. The topological polar surface area (TPSA) is 9.23 Å². The first-order chi connectivity index (χ1) is 6.89. The van der Waals surface area contributed by atoms with E-state index >= 15 is 0 Å². The highest BCUT2D eigenvalue weighted by Gasteiger charge is 2.32. The molecule has 15 heavy (non-hydrogen) atoms. The molecule has 2 rings (SSSR count). The van der Waals surface area contributed by atoms with Gasteiger partial charge in [0, 0.05) is 12.0 Å². The summed E-state index contributed by atoms with van der Waals surface area (Å²) in [5.74, 6) is 0.953. The fourth-order valence-corrected chi connectivity index (χ4v) is 2.57. The van der Waals surface area contributed by atoms with E-state index in [-0.39, 0.29) is 11.0 Å². The zero-order valence-electron chi connectivity index (χ0n) is 9.73. The molecule has 0 saturated heterocycles. The number of fused-ring (bicyclic) bond motifs is 1. The quantitative estimate of drug-likeness (QED) is 0.602. The first kappa shape index (κ1) is 10.8. The summed E-state index contributed by atoms with van der Waals surface area (Å²) in [7, 11) is 0. The monoisotopic (exact) mass is 224 g/mol. The van der Waals surface area contributed by atoms with E-state index in [1.54, 1.807) is 0 Å². The number of hydrogen-bond acceptors (Lipinski definition) is 1. The van der Waals surface area contributed by atoms with Crippen LogP contribution >= 0.6 is 11.6 Å². The average molecular weight is 225 g/mol. The Labute approximate surface area is 96.4 Å². The number of halogens is 1. The molecule has 1 nitrogen and oxygen atoms in total. The Morgan fingerprint density at radius 2 is 1.87 bits per heavy atom. The van der Waals surface area contributed by atoms with Gasteiger partial charge in [-0.05, 0) is 44.9 Å². The van der Waals surface area contributed by atoms with E-state index in [1.807, 2.05) is 0 Å². The second kappa shape index (κ2) is 3.41. The Morgan fingerprint density at radius 1 is 1.27 bits per heavy atom. The molecule has 0 fully saturated rings. The summed E-state index contributed by atoms with van der Waals surface area (Å²) in [5, 5.41) is 0.0723. The van der Waals surface area contributed by atoms with E-state index in [4.69, 9.17) is 16.3 Å². The lowest BCUT2D eigenvalue weighted by Gasteiger charge is -2.35. The molecule has 1 atom stereocenters. The van der Waals surface area contributed by atoms with Gasteiger partial charge < -0.3 is 4.74 Å². The van der Waals surface area contributed by atoms with Crippen LogP contribution in [0.3, 0.4) is 0 Å². The number of rotatable bonds is 0. The molecule has 0 aromatic heterocycles. The van der Waals surface area contributed by atoms with Crippen molar-refractivity contribution in [1.82, 2.24) is 0 Å². The lowest BCUT2D eigenvalue weighted by Crippen LogP contribution is -2.33. The average Bonchev–Trinajstić information content (AvgIpc) is 2.07. The highest BCUT2D eigenvalue weighted by atomic mass is 35.5. The molecule has 0 bridgehead atoms. The van der Waals surface area contributed by atoms with Gasteiger partial charge in [-0.1, -0.05) is 6.07 Å². The molecular formula is C13H17ClO. The zero-order chi connectivity index (χ0) is 11.2. The van der Waals surface area contributed by atoms with Gasteiger partial charge in [0.1, 0.15) is 11.4 Å². The van der Waals surface area contributed by atoms with Crippen molar-refractivity contribution in [3.63, 3.8) is 0 Å². The fourth-order valence-electron chi connectivity index (χ4n) is 2.03. The first-order valence-corrected chi connectivity index (χ1v) is 5.77. The molecule has 1 aliphatic heterocycles. The van der Waals surface area contributed by atoms with Crippen LogP contribution in [0.15, 0.2) is 12.1 Å². The number of alkyl halides is 1. The molecule has 1 heterocycles. The lowest BCUT2D eigenvalue weighted by molar-refractivity contribution is 0.0824. The smallest absolute Gasteiger partial charge is 0.125 e. The summed E-state index contributed by atoms with van der Waals surface area (Å²) in [6.45, 7) is 8.38. The number of hydrogen-bond donors (Lipinski definition) is 0. The highest BCUT2D eigenvalue weighted by molar-refractivity contribution is 6.21. The number of benzene rings is 1. The maximum Gasteiger partial charge on any atom is 0.125 e. The molecule has 1 aliphatic rings. The van der Waals surface area contributed by atoms with Crippen LogP contribution in [0.2, 0.25) is 0 Å². The third kappa shape index (κ3) is 1.98. The molecule has 0 saturated carbocycles. The fraction of sp³-hybridized carbons (Fsp3) is 0.538. The van der Waals surface area contributed by atoms with Crippen LogP contribution in [0.1, 0.15) is 42.3 Å². The SMILES string of the molecule is Cc1cc2c(cc1C)C(Cl)CC(C)(C)O2. The zero-order valence-corrected chi connectivity index (χ0v) is 10.5. The normalized spacial score (nSPS) is 23.1. The molecule has 1 unspecified atom stereocenters. The van der Waals surface area contributed by atoms with E-state index in [2.05, 4.69) is 39.8 Å². The first-order valence-electron chi connectivity index (χ1n) is 5.33.